The van der Waals surface area contributed by atoms with Crippen LogP contribution < -0.4 is 15.4 Å². The van der Waals surface area contributed by atoms with E-state index in [9.17, 15) is 19.1 Å². The lowest BCUT2D eigenvalue weighted by Crippen LogP contribution is -2.55. The van der Waals surface area contributed by atoms with Crippen molar-refractivity contribution >= 4 is 40.6 Å². The Morgan fingerprint density at radius 2 is 1.91 bits per heavy atom. The third-order valence-electron chi connectivity index (χ3n) is 8.34. The number of imidazole rings is 1. The number of aliphatic hydroxyl groups excluding tert-OH is 1. The average molecular weight is 622 g/mol. The lowest BCUT2D eigenvalue weighted by atomic mass is 9.93. The second-order valence-corrected chi connectivity index (χ2v) is 11.4. The number of nitrogens with zero attached hydrogens (tertiary/aromatic N) is 5. The van der Waals surface area contributed by atoms with Crippen LogP contribution in [0.3, 0.4) is 0 Å². The minimum atomic E-state index is -0.681. The summed E-state index contributed by atoms with van der Waals surface area (Å²) >= 11 is 6.32. The van der Waals surface area contributed by atoms with E-state index in [-0.39, 0.29) is 22.6 Å². The molecule has 2 fully saturated rings. The third kappa shape index (κ3) is 5.56. The SMILES string of the molecule is COc1ccc(-c2cnc3c(Nc4ccc(C(=O)N5CCN(C(=O)[C@@H]6CCNC[C@H]6O)CC5)c(C)c4)nccn23)c(Cl)c1F. The summed E-state index contributed by atoms with van der Waals surface area (Å²) in [6.07, 6.45) is 4.86. The van der Waals surface area contributed by atoms with Crippen molar-refractivity contribution in [2.75, 3.05) is 51.7 Å². The molecule has 0 radical (unpaired) electrons. The molecular formula is C31H33ClFN7O4. The summed E-state index contributed by atoms with van der Waals surface area (Å²) in [5, 5.41) is 16.5. The number of ether oxygens (including phenoxy) is 1. The number of benzene rings is 2. The van der Waals surface area contributed by atoms with Gasteiger partial charge in [0.1, 0.15) is 0 Å². The highest BCUT2D eigenvalue weighted by Gasteiger charge is 2.34. The largest absolute Gasteiger partial charge is 0.494 e. The zero-order valence-corrected chi connectivity index (χ0v) is 25.1. The monoisotopic (exact) mass is 621 g/mol. The number of carbonyl (C=O) groups excluding carboxylic acids is 2. The summed E-state index contributed by atoms with van der Waals surface area (Å²) in [6.45, 7) is 4.75. The summed E-state index contributed by atoms with van der Waals surface area (Å²) in [7, 11) is 1.38. The van der Waals surface area contributed by atoms with Gasteiger partial charge in [-0.15, -0.1) is 0 Å². The number of methoxy groups -OCH3 is 1. The van der Waals surface area contributed by atoms with Crippen LogP contribution in [-0.2, 0) is 4.79 Å². The van der Waals surface area contributed by atoms with E-state index in [2.05, 4.69) is 20.6 Å². The van der Waals surface area contributed by atoms with Crippen LogP contribution in [0.1, 0.15) is 22.3 Å². The van der Waals surface area contributed by atoms with Crippen LogP contribution in [0.15, 0.2) is 48.9 Å². The quantitative estimate of drug-likeness (QED) is 0.299. The summed E-state index contributed by atoms with van der Waals surface area (Å²) in [4.78, 5) is 38.8. The van der Waals surface area contributed by atoms with Gasteiger partial charge in [-0.25, -0.2) is 14.4 Å². The molecule has 2 aromatic heterocycles. The zero-order valence-electron chi connectivity index (χ0n) is 24.4. The van der Waals surface area contributed by atoms with Crippen LogP contribution in [-0.4, -0.2) is 93.6 Å². The van der Waals surface area contributed by atoms with E-state index in [1.165, 1.54) is 13.2 Å². The second-order valence-electron chi connectivity index (χ2n) is 11.0. The highest BCUT2D eigenvalue weighted by atomic mass is 35.5. The maximum atomic E-state index is 14.6. The van der Waals surface area contributed by atoms with E-state index >= 15 is 0 Å². The Labute approximate surface area is 258 Å². The van der Waals surface area contributed by atoms with Gasteiger partial charge in [-0.1, -0.05) is 11.6 Å². The molecule has 2 saturated heterocycles. The van der Waals surface area contributed by atoms with Crippen molar-refractivity contribution in [1.29, 1.82) is 0 Å². The molecule has 2 atom stereocenters. The first-order valence-corrected chi connectivity index (χ1v) is 14.8. The maximum absolute atomic E-state index is 14.6. The van der Waals surface area contributed by atoms with E-state index < -0.39 is 17.8 Å². The average Bonchev–Trinajstić information content (AvgIpc) is 3.47. The van der Waals surface area contributed by atoms with Gasteiger partial charge in [0, 0.05) is 61.9 Å². The number of hydrogen-bond acceptors (Lipinski definition) is 8. The van der Waals surface area contributed by atoms with Crippen LogP contribution in [0, 0.1) is 18.7 Å². The van der Waals surface area contributed by atoms with Gasteiger partial charge in [-0.2, -0.15) is 0 Å². The molecule has 2 aliphatic heterocycles. The van der Waals surface area contributed by atoms with Crippen molar-refractivity contribution < 1.29 is 23.8 Å². The Bertz CT molecular complexity index is 1720. The molecule has 0 aliphatic carbocycles. The fraction of sp³-hybridized carbons (Fsp3) is 0.355. The maximum Gasteiger partial charge on any atom is 0.254 e. The van der Waals surface area contributed by atoms with E-state index in [1.807, 2.05) is 19.1 Å². The van der Waals surface area contributed by atoms with Crippen LogP contribution in [0.25, 0.3) is 16.9 Å². The Kier molecular flexibility index (Phi) is 8.39. The van der Waals surface area contributed by atoms with Gasteiger partial charge in [0.25, 0.3) is 5.91 Å². The van der Waals surface area contributed by atoms with Gasteiger partial charge >= 0.3 is 0 Å². The number of nitrogens with one attached hydrogen (secondary N) is 2. The van der Waals surface area contributed by atoms with Crippen LogP contribution in [0.5, 0.6) is 5.75 Å². The predicted molar refractivity (Wildman–Crippen MR) is 164 cm³/mol. The molecule has 2 amide bonds. The minimum Gasteiger partial charge on any atom is -0.494 e. The van der Waals surface area contributed by atoms with Gasteiger partial charge in [-0.05, 0) is 55.8 Å². The molecule has 2 aromatic carbocycles. The molecule has 2 aliphatic rings. The number of piperidine rings is 1. The molecule has 3 N–H and O–H groups in total. The number of fused-ring (bicyclic) bond motifs is 1. The van der Waals surface area contributed by atoms with Crippen molar-refractivity contribution in [2.45, 2.75) is 19.4 Å². The molecule has 230 valence electrons. The number of amides is 2. The molecule has 13 heteroatoms. The van der Waals surface area contributed by atoms with Crippen molar-refractivity contribution in [3.8, 4) is 17.0 Å². The normalized spacial score (nSPS) is 18.8. The van der Waals surface area contributed by atoms with Gasteiger partial charge in [0.15, 0.2) is 23.0 Å². The fourth-order valence-electron chi connectivity index (χ4n) is 5.88. The van der Waals surface area contributed by atoms with Gasteiger partial charge in [0.2, 0.25) is 5.91 Å². The molecule has 44 heavy (non-hydrogen) atoms. The number of aryl methyl sites for hydroxylation is 1. The van der Waals surface area contributed by atoms with Gasteiger partial charge < -0.3 is 30.3 Å². The first kappa shape index (κ1) is 29.8. The fourth-order valence-corrected chi connectivity index (χ4v) is 6.13. The highest BCUT2D eigenvalue weighted by molar-refractivity contribution is 6.33. The minimum absolute atomic E-state index is 0.0369. The molecule has 0 unspecified atom stereocenters. The number of rotatable bonds is 6. The number of hydrogen-bond donors (Lipinski definition) is 3. The predicted octanol–water partition coefficient (Wildman–Crippen LogP) is 3.50. The lowest BCUT2D eigenvalue weighted by molar-refractivity contribution is -0.141. The molecule has 0 bridgehead atoms. The Hall–Kier alpha value is -4.26. The summed E-state index contributed by atoms with van der Waals surface area (Å²) < 4.78 is 21.4. The Morgan fingerprint density at radius 1 is 1.14 bits per heavy atom. The zero-order chi connectivity index (χ0) is 31.0. The van der Waals surface area contributed by atoms with E-state index in [1.54, 1.807) is 44.9 Å². The standard InChI is InChI=1S/C31H33ClFN7O4/c1-18-15-19(3-4-20(18)30(42)38-11-13-39(14-12-38)31(43)22-7-8-34-17-24(22)41)37-28-29-36-16-23(40(29)10-9-35-28)21-5-6-25(44-2)27(33)26(21)32/h3-6,9-10,15-16,22,24,34,41H,7-8,11-14,17H2,1-2H3,(H,35,37)/t22-,24-/m1/s1. The Morgan fingerprint density at radius 3 is 2.64 bits per heavy atom. The molecule has 4 aromatic rings. The number of halogens is 2. The highest BCUT2D eigenvalue weighted by Crippen LogP contribution is 2.36. The van der Waals surface area contributed by atoms with Crippen molar-refractivity contribution in [1.82, 2.24) is 29.5 Å². The number of piperazine rings is 1. The van der Waals surface area contributed by atoms with Crippen molar-refractivity contribution in [3.05, 3.63) is 70.9 Å². The molecule has 0 saturated carbocycles. The molecular weight excluding hydrogens is 589 g/mol. The number of anilines is 2. The topological polar surface area (TPSA) is 124 Å². The first-order chi connectivity index (χ1) is 21.3. The Balaban J connectivity index is 1.14. The van der Waals surface area contributed by atoms with E-state index in [0.29, 0.717) is 79.7 Å². The van der Waals surface area contributed by atoms with Crippen molar-refractivity contribution in [2.24, 2.45) is 5.92 Å². The van der Waals surface area contributed by atoms with E-state index in [0.717, 1.165) is 5.56 Å². The van der Waals surface area contributed by atoms with Crippen LogP contribution >= 0.6 is 11.6 Å². The summed E-state index contributed by atoms with van der Waals surface area (Å²) in [5.74, 6) is -0.638. The van der Waals surface area contributed by atoms with Gasteiger partial charge in [-0.3, -0.25) is 14.0 Å². The van der Waals surface area contributed by atoms with E-state index in [4.69, 9.17) is 16.3 Å². The number of aromatic nitrogens is 3. The number of β-amino-alcohol motifs (C(OH)–C–C–N with tert-alkyl or cyclic N) is 1. The summed E-state index contributed by atoms with van der Waals surface area (Å²) in [6, 6.07) is 8.65. The lowest BCUT2D eigenvalue weighted by Gasteiger charge is -2.38. The van der Waals surface area contributed by atoms with Crippen LogP contribution in [0.2, 0.25) is 5.02 Å². The first-order valence-electron chi connectivity index (χ1n) is 14.5. The molecule has 6 rings (SSSR count). The van der Waals surface area contributed by atoms with Crippen LogP contribution in [0.4, 0.5) is 15.9 Å². The molecule has 11 nitrogen and oxygen atoms in total. The molecule has 4 heterocycles. The van der Waals surface area contributed by atoms with Crippen molar-refractivity contribution in [3.63, 3.8) is 0 Å². The smallest absolute Gasteiger partial charge is 0.254 e. The number of carbonyl (C=O) groups is 2. The van der Waals surface area contributed by atoms with Gasteiger partial charge in [0.05, 0.1) is 36.0 Å². The molecule has 0 spiro atoms. The third-order valence-corrected chi connectivity index (χ3v) is 8.71. The number of aliphatic hydroxyl groups is 1. The summed E-state index contributed by atoms with van der Waals surface area (Å²) in [5.41, 5.74) is 3.64. The second kappa shape index (κ2) is 12.4.